The molecule has 0 fully saturated rings. The summed E-state index contributed by atoms with van der Waals surface area (Å²) in [5, 5.41) is 5.12. The average Bonchev–Trinajstić information content (AvgIpc) is 3.36. The number of rotatable bonds is 5. The maximum atomic E-state index is 12.8. The summed E-state index contributed by atoms with van der Waals surface area (Å²) in [6.07, 6.45) is 0.877. The maximum absolute atomic E-state index is 12.8. The number of hydrogen-bond acceptors (Lipinski definition) is 6. The van der Waals surface area contributed by atoms with Crippen LogP contribution in [0.1, 0.15) is 21.5 Å². The number of thiazole rings is 1. The minimum atomic E-state index is -3.63. The van der Waals surface area contributed by atoms with Crippen LogP contribution in [0.2, 0.25) is 0 Å². The predicted octanol–water partition coefficient (Wildman–Crippen LogP) is 3.56. The van der Waals surface area contributed by atoms with E-state index in [2.05, 4.69) is 16.4 Å². The van der Waals surface area contributed by atoms with Gasteiger partial charge in [0.1, 0.15) is 5.75 Å². The molecule has 0 spiro atoms. The van der Waals surface area contributed by atoms with E-state index in [0.717, 1.165) is 33.3 Å². The number of aryl methyl sites for hydroxylation is 1. The molecule has 3 aromatic rings. The lowest BCUT2D eigenvalue weighted by atomic mass is 10.1. The van der Waals surface area contributed by atoms with Crippen molar-refractivity contribution in [2.24, 2.45) is 0 Å². The predicted molar refractivity (Wildman–Crippen MR) is 117 cm³/mol. The van der Waals surface area contributed by atoms with Crippen LogP contribution >= 0.6 is 11.3 Å². The number of ether oxygens (including phenoxy) is 1. The number of carbonyl (C=O) groups excluding carboxylic acids is 1. The number of hydrogen-bond donors (Lipinski definition) is 1. The Balaban J connectivity index is 1.57. The van der Waals surface area contributed by atoms with E-state index in [1.54, 1.807) is 13.0 Å². The fourth-order valence-corrected chi connectivity index (χ4v) is 4.83. The van der Waals surface area contributed by atoms with Crippen molar-refractivity contribution in [1.82, 2.24) is 9.29 Å². The molecule has 0 atom stereocenters. The van der Waals surface area contributed by atoms with E-state index < -0.39 is 15.9 Å². The van der Waals surface area contributed by atoms with Gasteiger partial charge in [-0.1, -0.05) is 6.07 Å². The number of sulfonamides is 1. The number of nitrogens with one attached hydrogen (secondary N) is 1. The molecule has 1 aliphatic heterocycles. The summed E-state index contributed by atoms with van der Waals surface area (Å²) in [7, 11) is -0.718. The third-order valence-corrected chi connectivity index (χ3v) is 7.51. The van der Waals surface area contributed by atoms with E-state index >= 15 is 0 Å². The monoisotopic (exact) mass is 443 g/mol. The summed E-state index contributed by atoms with van der Waals surface area (Å²) >= 11 is 1.32. The summed E-state index contributed by atoms with van der Waals surface area (Å²) < 4.78 is 31.4. The molecule has 30 heavy (non-hydrogen) atoms. The van der Waals surface area contributed by atoms with Crippen molar-refractivity contribution in [3.63, 3.8) is 0 Å². The van der Waals surface area contributed by atoms with Crippen molar-refractivity contribution >= 4 is 32.4 Å². The second kappa shape index (κ2) is 7.82. The fraction of sp³-hybridized carbons (Fsp3) is 0.238. The first-order chi connectivity index (χ1) is 14.3. The van der Waals surface area contributed by atoms with Gasteiger partial charge in [0, 0.05) is 37.0 Å². The molecule has 2 aromatic carbocycles. The van der Waals surface area contributed by atoms with Crippen molar-refractivity contribution in [2.45, 2.75) is 18.2 Å². The van der Waals surface area contributed by atoms with E-state index in [1.165, 1.54) is 37.6 Å². The van der Waals surface area contributed by atoms with Crippen molar-refractivity contribution in [2.75, 3.05) is 26.0 Å². The Morgan fingerprint density at radius 1 is 1.20 bits per heavy atom. The van der Waals surface area contributed by atoms with Crippen LogP contribution in [-0.4, -0.2) is 44.3 Å². The zero-order valence-electron chi connectivity index (χ0n) is 16.8. The molecule has 156 valence electrons. The molecule has 0 saturated heterocycles. The molecule has 4 rings (SSSR count). The van der Waals surface area contributed by atoms with Gasteiger partial charge in [-0.2, -0.15) is 0 Å². The lowest BCUT2D eigenvalue weighted by Gasteiger charge is -2.13. The van der Waals surface area contributed by atoms with Crippen LogP contribution in [0.3, 0.4) is 0 Å². The second-order valence-electron chi connectivity index (χ2n) is 7.18. The highest BCUT2D eigenvalue weighted by molar-refractivity contribution is 7.89. The number of fused-ring (bicyclic) bond motifs is 1. The highest BCUT2D eigenvalue weighted by Crippen LogP contribution is 2.32. The van der Waals surface area contributed by atoms with E-state index in [9.17, 15) is 13.2 Å². The highest BCUT2D eigenvalue weighted by Gasteiger charge is 2.21. The molecule has 0 aliphatic carbocycles. The van der Waals surface area contributed by atoms with Crippen LogP contribution in [0.15, 0.2) is 46.7 Å². The first-order valence-corrected chi connectivity index (χ1v) is 11.6. The van der Waals surface area contributed by atoms with Crippen molar-refractivity contribution in [3.8, 4) is 17.0 Å². The van der Waals surface area contributed by atoms with Crippen molar-refractivity contribution in [1.29, 1.82) is 0 Å². The van der Waals surface area contributed by atoms with Crippen LogP contribution in [0.25, 0.3) is 11.3 Å². The number of amides is 1. The lowest BCUT2D eigenvalue weighted by Crippen LogP contribution is -2.23. The molecule has 1 N–H and O–H groups in total. The minimum Gasteiger partial charge on any atom is -0.493 e. The molecule has 0 radical (unpaired) electrons. The summed E-state index contributed by atoms with van der Waals surface area (Å²) in [6.45, 7) is 2.46. The molecule has 1 aliphatic rings. The largest absolute Gasteiger partial charge is 0.493 e. The molecule has 1 aromatic heterocycles. The highest BCUT2D eigenvalue weighted by atomic mass is 32.2. The SMILES string of the molecule is Cc1ccc(S(=O)(=O)N(C)C)cc1C(=O)Nc1nc(-c2ccc3c(c2)CCO3)cs1. The van der Waals surface area contributed by atoms with Crippen LogP contribution < -0.4 is 10.1 Å². The van der Waals surface area contributed by atoms with Crippen LogP contribution in [0.5, 0.6) is 5.75 Å². The number of benzene rings is 2. The summed E-state index contributed by atoms with van der Waals surface area (Å²) in [5.74, 6) is 0.511. The molecule has 2 heterocycles. The van der Waals surface area contributed by atoms with E-state index in [-0.39, 0.29) is 4.90 Å². The first kappa shape index (κ1) is 20.5. The third kappa shape index (κ3) is 3.83. The summed E-state index contributed by atoms with van der Waals surface area (Å²) in [6, 6.07) is 10.5. The van der Waals surface area contributed by atoms with Gasteiger partial charge in [-0.3, -0.25) is 10.1 Å². The zero-order valence-corrected chi connectivity index (χ0v) is 18.4. The van der Waals surface area contributed by atoms with Crippen LogP contribution in [0, 0.1) is 6.92 Å². The number of nitrogens with zero attached hydrogens (tertiary/aromatic N) is 2. The Kier molecular flexibility index (Phi) is 5.35. The molecule has 0 bridgehead atoms. The van der Waals surface area contributed by atoms with Crippen molar-refractivity contribution < 1.29 is 17.9 Å². The second-order valence-corrected chi connectivity index (χ2v) is 10.2. The molecule has 1 amide bonds. The Hall–Kier alpha value is -2.75. The molecular weight excluding hydrogens is 422 g/mol. The van der Waals surface area contributed by atoms with Gasteiger partial charge in [0.15, 0.2) is 5.13 Å². The van der Waals surface area contributed by atoms with Gasteiger partial charge < -0.3 is 4.74 Å². The van der Waals surface area contributed by atoms with E-state index in [0.29, 0.717) is 22.9 Å². The van der Waals surface area contributed by atoms with Gasteiger partial charge >= 0.3 is 0 Å². The maximum Gasteiger partial charge on any atom is 0.257 e. The van der Waals surface area contributed by atoms with Crippen LogP contribution in [0.4, 0.5) is 5.13 Å². The summed E-state index contributed by atoms with van der Waals surface area (Å²) in [5.41, 5.74) is 3.86. The molecule has 9 heteroatoms. The first-order valence-electron chi connectivity index (χ1n) is 9.32. The Labute approximate surface area is 179 Å². The standard InChI is InChI=1S/C21H21N3O4S2/c1-13-4-6-16(30(26,27)24(2)3)11-17(13)20(25)23-21-22-18(12-29-21)14-5-7-19-15(10-14)8-9-28-19/h4-7,10-12H,8-9H2,1-3H3,(H,22,23,25). The van der Waals surface area contributed by atoms with Gasteiger partial charge in [0.2, 0.25) is 10.0 Å². The smallest absolute Gasteiger partial charge is 0.257 e. The normalized spacial score (nSPS) is 13.2. The van der Waals surface area contributed by atoms with Gasteiger partial charge in [0.25, 0.3) is 5.91 Å². The average molecular weight is 444 g/mol. The number of anilines is 1. The number of carbonyl (C=O) groups is 1. The minimum absolute atomic E-state index is 0.0726. The van der Waals surface area contributed by atoms with Gasteiger partial charge in [-0.15, -0.1) is 11.3 Å². The molecule has 0 saturated carbocycles. The van der Waals surface area contributed by atoms with Gasteiger partial charge in [-0.05, 0) is 48.4 Å². The quantitative estimate of drug-likeness (QED) is 0.651. The Bertz CT molecular complexity index is 1230. The van der Waals surface area contributed by atoms with E-state index in [1.807, 2.05) is 17.5 Å². The van der Waals surface area contributed by atoms with Gasteiger partial charge in [0.05, 0.1) is 17.2 Å². The molecule has 0 unspecified atom stereocenters. The Morgan fingerprint density at radius 2 is 2.00 bits per heavy atom. The van der Waals surface area contributed by atoms with E-state index in [4.69, 9.17) is 4.74 Å². The van der Waals surface area contributed by atoms with Gasteiger partial charge in [-0.25, -0.2) is 17.7 Å². The van der Waals surface area contributed by atoms with Crippen molar-refractivity contribution in [3.05, 3.63) is 58.5 Å². The lowest BCUT2D eigenvalue weighted by molar-refractivity contribution is 0.102. The zero-order chi connectivity index (χ0) is 21.5. The fourth-order valence-electron chi connectivity index (χ4n) is 3.19. The topological polar surface area (TPSA) is 88.6 Å². The molecule has 7 nitrogen and oxygen atoms in total. The molecular formula is C21H21N3O4S2. The Morgan fingerprint density at radius 3 is 2.77 bits per heavy atom. The third-order valence-electron chi connectivity index (χ3n) is 4.94. The van der Waals surface area contributed by atoms with Crippen LogP contribution in [-0.2, 0) is 16.4 Å². The summed E-state index contributed by atoms with van der Waals surface area (Å²) in [4.78, 5) is 17.4. The number of aromatic nitrogens is 1.